The maximum Gasteiger partial charge on any atom is 0.231 e. The number of para-hydroxylation sites is 1. The Labute approximate surface area is 178 Å². The molecule has 9 heteroatoms. The van der Waals surface area contributed by atoms with Crippen LogP contribution in [-0.2, 0) is 0 Å². The molecular weight excluding hydrogens is 402 g/mol. The molecule has 1 aromatic heterocycles. The minimum atomic E-state index is -0.155. The number of aromatic nitrogens is 2. The molecule has 0 saturated carbocycles. The van der Waals surface area contributed by atoms with Gasteiger partial charge in [0.05, 0.1) is 29.0 Å². The third-order valence-electron chi connectivity index (χ3n) is 4.78. The van der Waals surface area contributed by atoms with Crippen LogP contribution in [0.25, 0.3) is 0 Å². The summed E-state index contributed by atoms with van der Waals surface area (Å²) in [5, 5.41) is 26.0. The number of phenols is 1. The molecule has 4 rings (SSSR count). The predicted octanol–water partition coefficient (Wildman–Crippen LogP) is 4.79. The predicted molar refractivity (Wildman–Crippen MR) is 114 cm³/mol. The van der Waals surface area contributed by atoms with Gasteiger partial charge in [-0.25, -0.2) is 0 Å². The molecule has 1 aliphatic heterocycles. The normalized spacial score (nSPS) is 13.5. The second kappa shape index (κ2) is 7.72. The van der Waals surface area contributed by atoms with Crippen molar-refractivity contribution in [2.45, 2.75) is 26.8 Å². The van der Waals surface area contributed by atoms with Gasteiger partial charge in [-0.05, 0) is 35.2 Å². The highest BCUT2D eigenvalue weighted by atomic mass is 32.1. The Hall–Kier alpha value is -3.51. The van der Waals surface area contributed by atoms with E-state index in [0.29, 0.717) is 17.3 Å². The highest BCUT2D eigenvalue weighted by molar-refractivity contribution is 6.99. The first-order chi connectivity index (χ1) is 14.4. The lowest BCUT2D eigenvalue weighted by molar-refractivity contribution is 0.174. The van der Waals surface area contributed by atoms with Crippen molar-refractivity contribution in [2.75, 3.05) is 17.4 Å². The molecule has 2 aromatic carbocycles. The van der Waals surface area contributed by atoms with Gasteiger partial charge >= 0.3 is 0 Å². The molecule has 0 aliphatic carbocycles. The quantitative estimate of drug-likeness (QED) is 0.502. The number of anilines is 3. The fourth-order valence-corrected chi connectivity index (χ4v) is 3.73. The summed E-state index contributed by atoms with van der Waals surface area (Å²) in [6.07, 6.45) is 0. The van der Waals surface area contributed by atoms with Gasteiger partial charge in [0.1, 0.15) is 6.07 Å². The molecule has 3 aromatic rings. The maximum absolute atomic E-state index is 10.3. The summed E-state index contributed by atoms with van der Waals surface area (Å²) in [5.74, 6) is 2.36. The van der Waals surface area contributed by atoms with Crippen LogP contribution in [0.2, 0.25) is 0 Å². The second-order valence-electron chi connectivity index (χ2n) is 7.96. The Morgan fingerprint density at radius 2 is 1.90 bits per heavy atom. The molecule has 0 spiro atoms. The lowest BCUT2D eigenvalue weighted by Gasteiger charge is -2.32. The number of fused-ring (bicyclic) bond motifs is 1. The molecule has 1 aliphatic rings. The molecule has 0 fully saturated rings. The Morgan fingerprint density at radius 1 is 1.13 bits per heavy atom. The summed E-state index contributed by atoms with van der Waals surface area (Å²) in [6, 6.07) is 12.7. The molecule has 3 N–H and O–H groups in total. The van der Waals surface area contributed by atoms with Gasteiger partial charge in [0.15, 0.2) is 28.9 Å². The summed E-state index contributed by atoms with van der Waals surface area (Å²) >= 11 is 1.05. The molecule has 154 valence electrons. The van der Waals surface area contributed by atoms with Crippen molar-refractivity contribution in [3.8, 4) is 23.3 Å². The Morgan fingerprint density at radius 3 is 2.67 bits per heavy atom. The van der Waals surface area contributed by atoms with Gasteiger partial charge < -0.3 is 25.2 Å². The van der Waals surface area contributed by atoms with Gasteiger partial charge in [-0.3, -0.25) is 0 Å². The van der Waals surface area contributed by atoms with Crippen LogP contribution >= 0.6 is 11.7 Å². The zero-order valence-corrected chi connectivity index (χ0v) is 17.6. The highest BCUT2D eigenvalue weighted by Crippen LogP contribution is 2.42. The number of aromatic hydroxyl groups is 1. The molecule has 0 radical (unpaired) electrons. The standard InChI is InChI=1S/C21H21N5O3S/c1-21(2,3)18(12-7-8-15-16(9-12)29-11-28-15)24-20-19(25-30-26-20)23-14-6-4-5-13(10-22)17(14)27/h4-9,18,27H,11H2,1-3H3,(H,23,25)(H,24,26)/t18-/m0/s1. The summed E-state index contributed by atoms with van der Waals surface area (Å²) in [6.45, 7) is 6.61. The topological polar surface area (TPSA) is 112 Å². The minimum Gasteiger partial charge on any atom is -0.504 e. The summed E-state index contributed by atoms with van der Waals surface area (Å²) < 4.78 is 19.7. The molecule has 30 heavy (non-hydrogen) atoms. The van der Waals surface area contributed by atoms with Gasteiger partial charge in [0, 0.05) is 0 Å². The average Bonchev–Trinajstić information content (AvgIpc) is 3.35. The fraction of sp³-hybridized carbons (Fsp3) is 0.286. The van der Waals surface area contributed by atoms with E-state index in [0.717, 1.165) is 28.8 Å². The van der Waals surface area contributed by atoms with E-state index in [1.807, 2.05) is 24.3 Å². The number of rotatable bonds is 5. The first kappa shape index (κ1) is 19.8. The fourth-order valence-electron chi connectivity index (χ4n) is 3.26. The lowest BCUT2D eigenvalue weighted by Crippen LogP contribution is -2.26. The number of nitrogens with zero attached hydrogens (tertiary/aromatic N) is 3. The molecule has 8 nitrogen and oxygen atoms in total. The van der Waals surface area contributed by atoms with E-state index in [1.165, 1.54) is 0 Å². The highest BCUT2D eigenvalue weighted by Gasteiger charge is 2.29. The van der Waals surface area contributed by atoms with Crippen molar-refractivity contribution in [3.63, 3.8) is 0 Å². The van der Waals surface area contributed by atoms with Crippen molar-refractivity contribution in [1.29, 1.82) is 5.26 Å². The zero-order chi connectivity index (χ0) is 21.3. The van der Waals surface area contributed by atoms with Crippen LogP contribution in [0.4, 0.5) is 17.3 Å². The maximum atomic E-state index is 10.3. The van der Waals surface area contributed by atoms with Crippen molar-refractivity contribution < 1.29 is 14.6 Å². The van der Waals surface area contributed by atoms with Crippen LogP contribution in [-0.4, -0.2) is 20.6 Å². The van der Waals surface area contributed by atoms with Gasteiger partial charge in [0.25, 0.3) is 0 Å². The number of nitriles is 1. The summed E-state index contributed by atoms with van der Waals surface area (Å²) in [5.41, 5.74) is 1.45. The van der Waals surface area contributed by atoms with Crippen LogP contribution in [0, 0.1) is 16.7 Å². The van der Waals surface area contributed by atoms with E-state index in [9.17, 15) is 5.11 Å². The van der Waals surface area contributed by atoms with Gasteiger partial charge in [-0.2, -0.15) is 14.0 Å². The minimum absolute atomic E-state index is 0.101. The van der Waals surface area contributed by atoms with Crippen LogP contribution in [0.1, 0.15) is 37.9 Å². The second-order valence-corrected chi connectivity index (χ2v) is 8.48. The van der Waals surface area contributed by atoms with Crippen molar-refractivity contribution in [2.24, 2.45) is 5.41 Å². The largest absolute Gasteiger partial charge is 0.504 e. The van der Waals surface area contributed by atoms with E-state index in [-0.39, 0.29) is 29.6 Å². The lowest BCUT2D eigenvalue weighted by atomic mass is 9.82. The van der Waals surface area contributed by atoms with Crippen LogP contribution in [0.5, 0.6) is 17.2 Å². The average molecular weight is 423 g/mol. The van der Waals surface area contributed by atoms with E-state index in [1.54, 1.807) is 18.2 Å². The molecular formula is C21H21N5O3S. The van der Waals surface area contributed by atoms with Crippen molar-refractivity contribution in [1.82, 2.24) is 8.75 Å². The van der Waals surface area contributed by atoms with Gasteiger partial charge in [-0.1, -0.05) is 32.9 Å². The van der Waals surface area contributed by atoms with Crippen LogP contribution in [0.15, 0.2) is 36.4 Å². The molecule has 0 unspecified atom stereocenters. The molecule has 0 saturated heterocycles. The Kier molecular flexibility index (Phi) is 5.10. The molecule has 0 bridgehead atoms. The summed E-state index contributed by atoms with van der Waals surface area (Å²) in [4.78, 5) is 0. The van der Waals surface area contributed by atoms with Crippen molar-refractivity contribution >= 4 is 29.1 Å². The van der Waals surface area contributed by atoms with Crippen LogP contribution < -0.4 is 20.1 Å². The monoisotopic (exact) mass is 423 g/mol. The number of phenolic OH excluding ortho intramolecular Hbond substituents is 1. The van der Waals surface area contributed by atoms with E-state index in [2.05, 4.69) is 40.2 Å². The van der Waals surface area contributed by atoms with E-state index < -0.39 is 0 Å². The number of hydrogen-bond donors (Lipinski definition) is 3. The van der Waals surface area contributed by atoms with E-state index in [4.69, 9.17) is 14.7 Å². The van der Waals surface area contributed by atoms with E-state index >= 15 is 0 Å². The number of ether oxygens (including phenoxy) is 2. The third kappa shape index (κ3) is 3.82. The Bertz CT molecular complexity index is 1120. The molecule has 2 heterocycles. The van der Waals surface area contributed by atoms with Gasteiger partial charge in [0.2, 0.25) is 6.79 Å². The first-order valence-electron chi connectivity index (χ1n) is 9.34. The number of hydrogen-bond acceptors (Lipinski definition) is 9. The molecule has 0 amide bonds. The Balaban J connectivity index is 1.63. The zero-order valence-electron chi connectivity index (χ0n) is 16.8. The van der Waals surface area contributed by atoms with Crippen molar-refractivity contribution in [3.05, 3.63) is 47.5 Å². The first-order valence-corrected chi connectivity index (χ1v) is 10.1. The number of benzene rings is 2. The summed E-state index contributed by atoms with van der Waals surface area (Å²) in [7, 11) is 0. The van der Waals surface area contributed by atoms with Crippen LogP contribution in [0.3, 0.4) is 0 Å². The SMILES string of the molecule is CC(C)(C)[C@@H](Nc1nsnc1Nc1cccc(C#N)c1O)c1ccc2c(c1)OCO2. The molecule has 1 atom stereocenters. The smallest absolute Gasteiger partial charge is 0.231 e. The number of nitrogens with one attached hydrogen (secondary N) is 2. The third-order valence-corrected chi connectivity index (χ3v) is 5.30. The van der Waals surface area contributed by atoms with Gasteiger partial charge in [-0.15, -0.1) is 0 Å².